The van der Waals surface area contributed by atoms with Crippen LogP contribution in [-0.4, -0.2) is 9.55 Å². The maximum Gasteiger partial charge on any atom is 0.113 e. The summed E-state index contributed by atoms with van der Waals surface area (Å²) in [4.78, 5) is 4.47. The van der Waals surface area contributed by atoms with E-state index in [1.807, 2.05) is 6.20 Å². The van der Waals surface area contributed by atoms with Gasteiger partial charge in [0.2, 0.25) is 0 Å². The van der Waals surface area contributed by atoms with Crippen LogP contribution in [0.15, 0.2) is 36.7 Å². The van der Waals surface area contributed by atoms with Crippen LogP contribution < -0.4 is 0 Å². The molecule has 0 unspecified atom stereocenters. The van der Waals surface area contributed by atoms with Crippen LogP contribution in [0.4, 0.5) is 0 Å². The summed E-state index contributed by atoms with van der Waals surface area (Å²) in [5.41, 5.74) is 2.72. The third kappa shape index (κ3) is 2.76. The Morgan fingerprint density at radius 2 is 2.00 bits per heavy atom. The van der Waals surface area contributed by atoms with E-state index in [4.69, 9.17) is 0 Å². The number of imidazole rings is 1. The van der Waals surface area contributed by atoms with Crippen LogP contribution in [0.25, 0.3) is 0 Å². The van der Waals surface area contributed by atoms with Gasteiger partial charge in [-0.1, -0.05) is 29.8 Å². The van der Waals surface area contributed by atoms with Crippen LogP contribution in [0.3, 0.4) is 0 Å². The van der Waals surface area contributed by atoms with E-state index in [1.54, 1.807) is 0 Å². The zero-order valence-electron chi connectivity index (χ0n) is 11.1. The molecule has 2 aromatic rings. The molecule has 17 heavy (non-hydrogen) atoms. The number of nitrogens with zero attached hydrogens (tertiary/aromatic N) is 2. The zero-order valence-corrected chi connectivity index (χ0v) is 11.1. The maximum atomic E-state index is 4.47. The molecule has 0 N–H and O–H groups in total. The molecular weight excluding hydrogens is 208 g/mol. The lowest BCUT2D eigenvalue weighted by atomic mass is 10.1. The standard InChI is InChI=1S/C15H20N2/c1-12-6-5-7-13(10-12)11-14-16-8-9-17(14)15(2,3)4/h5-10H,11H2,1-4H3. The smallest absolute Gasteiger partial charge is 0.113 e. The van der Waals surface area contributed by atoms with Gasteiger partial charge < -0.3 is 4.57 Å². The first-order valence-corrected chi connectivity index (χ1v) is 6.05. The van der Waals surface area contributed by atoms with Crippen LogP contribution in [0.1, 0.15) is 37.7 Å². The third-order valence-electron chi connectivity index (χ3n) is 2.88. The average Bonchev–Trinajstić information content (AvgIpc) is 2.65. The minimum Gasteiger partial charge on any atom is -0.329 e. The molecule has 0 radical (unpaired) electrons. The highest BCUT2D eigenvalue weighted by molar-refractivity contribution is 5.25. The van der Waals surface area contributed by atoms with E-state index >= 15 is 0 Å². The highest BCUT2D eigenvalue weighted by Gasteiger charge is 2.16. The average molecular weight is 228 g/mol. The lowest BCUT2D eigenvalue weighted by Crippen LogP contribution is -2.23. The summed E-state index contributed by atoms with van der Waals surface area (Å²) < 4.78 is 2.25. The Hall–Kier alpha value is -1.57. The number of aryl methyl sites for hydroxylation is 1. The topological polar surface area (TPSA) is 17.8 Å². The van der Waals surface area contributed by atoms with Crippen molar-refractivity contribution in [2.75, 3.05) is 0 Å². The monoisotopic (exact) mass is 228 g/mol. The fourth-order valence-electron chi connectivity index (χ4n) is 2.08. The van der Waals surface area contributed by atoms with Crippen molar-refractivity contribution in [1.29, 1.82) is 0 Å². The molecule has 0 spiro atoms. The first kappa shape index (κ1) is 11.9. The second kappa shape index (κ2) is 4.36. The normalized spacial score (nSPS) is 11.8. The van der Waals surface area contributed by atoms with Crippen LogP contribution >= 0.6 is 0 Å². The molecule has 2 rings (SSSR count). The van der Waals surface area contributed by atoms with Crippen molar-refractivity contribution < 1.29 is 0 Å². The molecule has 0 fully saturated rings. The van der Waals surface area contributed by atoms with Gasteiger partial charge in [0.15, 0.2) is 0 Å². The van der Waals surface area contributed by atoms with Crippen LogP contribution in [0.5, 0.6) is 0 Å². The first-order valence-electron chi connectivity index (χ1n) is 6.05. The minimum absolute atomic E-state index is 0.0929. The largest absolute Gasteiger partial charge is 0.329 e. The number of benzene rings is 1. The van der Waals surface area contributed by atoms with E-state index in [0.717, 1.165) is 12.2 Å². The highest BCUT2D eigenvalue weighted by Crippen LogP contribution is 2.18. The fourth-order valence-corrected chi connectivity index (χ4v) is 2.08. The van der Waals surface area contributed by atoms with Crippen molar-refractivity contribution in [3.05, 3.63) is 53.6 Å². The Kier molecular flexibility index (Phi) is 3.05. The SMILES string of the molecule is Cc1cccc(Cc2nccn2C(C)(C)C)c1. The van der Waals surface area contributed by atoms with Gasteiger partial charge in [-0.2, -0.15) is 0 Å². The Bertz CT molecular complexity index is 504. The highest BCUT2D eigenvalue weighted by atomic mass is 15.1. The van der Waals surface area contributed by atoms with Gasteiger partial charge >= 0.3 is 0 Å². The maximum absolute atomic E-state index is 4.47. The molecule has 0 bridgehead atoms. The van der Waals surface area contributed by atoms with Gasteiger partial charge in [-0.15, -0.1) is 0 Å². The van der Waals surface area contributed by atoms with Crippen LogP contribution in [-0.2, 0) is 12.0 Å². The Labute approximate surface area is 103 Å². The number of hydrogen-bond acceptors (Lipinski definition) is 1. The quantitative estimate of drug-likeness (QED) is 0.768. The number of hydrogen-bond donors (Lipinski definition) is 0. The predicted molar refractivity (Wildman–Crippen MR) is 71.2 cm³/mol. The third-order valence-corrected chi connectivity index (χ3v) is 2.88. The summed E-state index contributed by atoms with van der Waals surface area (Å²) in [6.45, 7) is 8.73. The second-order valence-corrected chi connectivity index (χ2v) is 5.55. The van der Waals surface area contributed by atoms with Crippen molar-refractivity contribution in [3.63, 3.8) is 0 Å². The summed E-state index contributed by atoms with van der Waals surface area (Å²) in [5.74, 6) is 1.13. The van der Waals surface area contributed by atoms with E-state index in [9.17, 15) is 0 Å². The summed E-state index contributed by atoms with van der Waals surface area (Å²) in [6, 6.07) is 8.62. The second-order valence-electron chi connectivity index (χ2n) is 5.55. The van der Waals surface area contributed by atoms with Crippen molar-refractivity contribution in [1.82, 2.24) is 9.55 Å². The van der Waals surface area contributed by atoms with E-state index in [1.165, 1.54) is 11.1 Å². The molecule has 0 saturated heterocycles. The van der Waals surface area contributed by atoms with E-state index in [0.29, 0.717) is 0 Å². The van der Waals surface area contributed by atoms with Crippen molar-refractivity contribution >= 4 is 0 Å². The molecule has 1 heterocycles. The van der Waals surface area contributed by atoms with E-state index < -0.39 is 0 Å². The molecule has 0 amide bonds. The summed E-state index contributed by atoms with van der Waals surface area (Å²) in [7, 11) is 0. The molecule has 2 nitrogen and oxygen atoms in total. The molecule has 1 aromatic heterocycles. The lowest BCUT2D eigenvalue weighted by Gasteiger charge is -2.23. The number of rotatable bonds is 2. The van der Waals surface area contributed by atoms with Crippen LogP contribution in [0.2, 0.25) is 0 Å². The van der Waals surface area contributed by atoms with Gasteiger partial charge in [-0.05, 0) is 33.3 Å². The zero-order chi connectivity index (χ0) is 12.5. The molecular formula is C15H20N2. The Morgan fingerprint density at radius 3 is 2.65 bits per heavy atom. The van der Waals surface area contributed by atoms with Crippen molar-refractivity contribution in [2.45, 2.75) is 39.7 Å². The van der Waals surface area contributed by atoms with Crippen molar-refractivity contribution in [2.24, 2.45) is 0 Å². The molecule has 1 aromatic carbocycles. The minimum atomic E-state index is 0.0929. The summed E-state index contributed by atoms with van der Waals surface area (Å²) in [6.07, 6.45) is 4.84. The van der Waals surface area contributed by atoms with Gasteiger partial charge in [-0.3, -0.25) is 0 Å². The van der Waals surface area contributed by atoms with Gasteiger partial charge in [0.1, 0.15) is 5.82 Å². The summed E-state index contributed by atoms with van der Waals surface area (Å²) >= 11 is 0. The molecule has 90 valence electrons. The van der Waals surface area contributed by atoms with E-state index in [-0.39, 0.29) is 5.54 Å². The molecule has 0 aliphatic heterocycles. The Morgan fingerprint density at radius 1 is 1.24 bits per heavy atom. The van der Waals surface area contributed by atoms with Gasteiger partial charge in [0.25, 0.3) is 0 Å². The molecule has 0 aliphatic carbocycles. The predicted octanol–water partition coefficient (Wildman–Crippen LogP) is 3.54. The van der Waals surface area contributed by atoms with Gasteiger partial charge in [0.05, 0.1) is 0 Å². The first-order chi connectivity index (χ1) is 7.97. The lowest BCUT2D eigenvalue weighted by molar-refractivity contribution is 0.384. The number of aromatic nitrogens is 2. The van der Waals surface area contributed by atoms with Gasteiger partial charge in [0, 0.05) is 24.4 Å². The Balaban J connectivity index is 2.28. The summed E-state index contributed by atoms with van der Waals surface area (Å²) in [5, 5.41) is 0. The molecule has 2 heteroatoms. The molecule has 0 atom stereocenters. The van der Waals surface area contributed by atoms with Crippen LogP contribution in [0, 0.1) is 6.92 Å². The molecule has 0 aliphatic rings. The van der Waals surface area contributed by atoms with E-state index in [2.05, 4.69) is 67.7 Å². The fraction of sp³-hybridized carbons (Fsp3) is 0.400. The molecule has 0 saturated carbocycles. The van der Waals surface area contributed by atoms with Gasteiger partial charge in [-0.25, -0.2) is 4.98 Å². The van der Waals surface area contributed by atoms with Crippen molar-refractivity contribution in [3.8, 4) is 0 Å².